The van der Waals surface area contributed by atoms with Crippen LogP contribution >= 0.6 is 0 Å². The van der Waals surface area contributed by atoms with Crippen LogP contribution in [0, 0.1) is 6.92 Å². The molecule has 0 bridgehead atoms. The first kappa shape index (κ1) is 12.3. The van der Waals surface area contributed by atoms with Gasteiger partial charge in [0.15, 0.2) is 0 Å². The molecule has 0 saturated heterocycles. The monoisotopic (exact) mass is 239 g/mol. The molecule has 2 aromatic carbocycles. The molecule has 0 aliphatic rings. The van der Waals surface area contributed by atoms with E-state index < -0.39 is 0 Å². The number of rotatable bonds is 3. The summed E-state index contributed by atoms with van der Waals surface area (Å²) in [6.07, 6.45) is 0. The molecule has 2 rings (SSSR count). The second kappa shape index (κ2) is 5.45. The van der Waals surface area contributed by atoms with Gasteiger partial charge in [0.1, 0.15) is 5.69 Å². The molecule has 0 radical (unpaired) electrons. The highest BCUT2D eigenvalue weighted by atomic mass is 15.1. The predicted molar refractivity (Wildman–Crippen MR) is 76.1 cm³/mol. The van der Waals surface area contributed by atoms with Crippen LogP contribution in [0.3, 0.4) is 0 Å². The highest BCUT2D eigenvalue weighted by Gasteiger charge is 2.01. The summed E-state index contributed by atoms with van der Waals surface area (Å²) in [4.78, 5) is 2.03. The largest absolute Gasteiger partial charge is 0.376 e. The van der Waals surface area contributed by atoms with Gasteiger partial charge in [0.05, 0.1) is 11.4 Å². The second-order valence-electron chi connectivity index (χ2n) is 4.42. The number of nitrogens with zero attached hydrogens (tertiary/aromatic N) is 3. The van der Waals surface area contributed by atoms with Gasteiger partial charge in [0, 0.05) is 14.1 Å². The minimum absolute atomic E-state index is 0.870. The fourth-order valence-electron chi connectivity index (χ4n) is 1.65. The van der Waals surface area contributed by atoms with Crippen LogP contribution in [0.4, 0.5) is 17.1 Å². The normalized spacial score (nSPS) is 10.8. The number of hydrogen-bond acceptors (Lipinski definition) is 3. The summed E-state index contributed by atoms with van der Waals surface area (Å²) in [5.41, 5.74) is 4.04. The maximum absolute atomic E-state index is 4.31. The Labute approximate surface area is 108 Å². The molecule has 3 nitrogen and oxygen atoms in total. The lowest BCUT2D eigenvalue weighted by Gasteiger charge is -2.13. The Hall–Kier alpha value is -2.16. The third-order valence-corrected chi connectivity index (χ3v) is 2.67. The predicted octanol–water partition coefficient (Wildman–Crippen LogP) is 4.48. The van der Waals surface area contributed by atoms with Crippen LogP contribution in [0.1, 0.15) is 5.56 Å². The average molecular weight is 239 g/mol. The van der Waals surface area contributed by atoms with Gasteiger partial charge in [-0.3, -0.25) is 0 Å². The van der Waals surface area contributed by atoms with Gasteiger partial charge in [-0.2, -0.15) is 5.11 Å². The molecule has 2 aromatic rings. The lowest BCUT2D eigenvalue weighted by atomic mass is 10.2. The first-order valence-electron chi connectivity index (χ1n) is 5.91. The molecule has 0 aliphatic carbocycles. The van der Waals surface area contributed by atoms with E-state index in [0.717, 1.165) is 17.1 Å². The Morgan fingerprint density at radius 1 is 0.833 bits per heavy atom. The van der Waals surface area contributed by atoms with Crippen molar-refractivity contribution in [3.05, 3.63) is 54.1 Å². The van der Waals surface area contributed by atoms with Gasteiger partial charge in [0.25, 0.3) is 0 Å². The number of anilines is 1. The van der Waals surface area contributed by atoms with E-state index in [-0.39, 0.29) is 0 Å². The Kier molecular flexibility index (Phi) is 3.72. The van der Waals surface area contributed by atoms with E-state index in [1.54, 1.807) is 0 Å². The van der Waals surface area contributed by atoms with E-state index in [0.29, 0.717) is 0 Å². The van der Waals surface area contributed by atoms with Crippen LogP contribution in [0.2, 0.25) is 0 Å². The molecular formula is C15H17N3. The van der Waals surface area contributed by atoms with E-state index in [1.807, 2.05) is 67.5 Å². The van der Waals surface area contributed by atoms with Gasteiger partial charge in [-0.15, -0.1) is 5.11 Å². The molecule has 0 saturated carbocycles. The highest BCUT2D eigenvalue weighted by Crippen LogP contribution is 2.28. The average Bonchev–Trinajstić information content (AvgIpc) is 2.38. The van der Waals surface area contributed by atoms with Gasteiger partial charge in [-0.25, -0.2) is 0 Å². The van der Waals surface area contributed by atoms with Crippen molar-refractivity contribution < 1.29 is 0 Å². The SMILES string of the molecule is Cc1ccc(N=Nc2ccccc2N(C)C)cc1. The molecule has 18 heavy (non-hydrogen) atoms. The van der Waals surface area contributed by atoms with Crippen molar-refractivity contribution in [3.8, 4) is 0 Å². The fraction of sp³-hybridized carbons (Fsp3) is 0.200. The third kappa shape index (κ3) is 2.94. The van der Waals surface area contributed by atoms with Crippen LogP contribution in [0.5, 0.6) is 0 Å². The number of hydrogen-bond donors (Lipinski definition) is 0. The Balaban J connectivity index is 2.26. The highest BCUT2D eigenvalue weighted by molar-refractivity contribution is 5.65. The molecule has 0 aromatic heterocycles. The van der Waals surface area contributed by atoms with Crippen LogP contribution in [0.25, 0.3) is 0 Å². The topological polar surface area (TPSA) is 28.0 Å². The maximum atomic E-state index is 4.31. The summed E-state index contributed by atoms with van der Waals surface area (Å²) >= 11 is 0. The van der Waals surface area contributed by atoms with Crippen LogP contribution in [-0.4, -0.2) is 14.1 Å². The van der Waals surface area contributed by atoms with Crippen LogP contribution in [0.15, 0.2) is 58.8 Å². The third-order valence-electron chi connectivity index (χ3n) is 2.67. The summed E-state index contributed by atoms with van der Waals surface area (Å²) < 4.78 is 0. The van der Waals surface area contributed by atoms with E-state index in [2.05, 4.69) is 17.2 Å². The van der Waals surface area contributed by atoms with E-state index >= 15 is 0 Å². The zero-order valence-corrected chi connectivity index (χ0v) is 11.0. The van der Waals surface area contributed by atoms with Gasteiger partial charge in [-0.05, 0) is 31.2 Å². The molecule has 0 unspecified atom stereocenters. The summed E-state index contributed by atoms with van der Waals surface area (Å²) in [6, 6.07) is 16.0. The number of azo groups is 1. The van der Waals surface area contributed by atoms with E-state index in [1.165, 1.54) is 5.56 Å². The molecule has 0 heterocycles. The molecule has 0 spiro atoms. The zero-order valence-electron chi connectivity index (χ0n) is 11.0. The number of aryl methyl sites for hydroxylation is 1. The molecule has 0 aliphatic heterocycles. The van der Waals surface area contributed by atoms with Gasteiger partial charge in [0.2, 0.25) is 0 Å². The summed E-state index contributed by atoms with van der Waals surface area (Å²) in [7, 11) is 4.00. The summed E-state index contributed by atoms with van der Waals surface area (Å²) in [5, 5.41) is 8.57. The van der Waals surface area contributed by atoms with Gasteiger partial charge < -0.3 is 4.90 Å². The first-order chi connectivity index (χ1) is 8.66. The fourth-order valence-corrected chi connectivity index (χ4v) is 1.65. The maximum Gasteiger partial charge on any atom is 0.109 e. The van der Waals surface area contributed by atoms with Crippen molar-refractivity contribution in [2.75, 3.05) is 19.0 Å². The summed E-state index contributed by atoms with van der Waals surface area (Å²) in [5.74, 6) is 0. The van der Waals surface area contributed by atoms with Crippen LogP contribution in [-0.2, 0) is 0 Å². The lowest BCUT2D eigenvalue weighted by Crippen LogP contribution is -2.08. The molecule has 0 N–H and O–H groups in total. The van der Waals surface area contributed by atoms with Crippen molar-refractivity contribution in [1.82, 2.24) is 0 Å². The molecule has 0 atom stereocenters. The molecule has 0 fully saturated rings. The quantitative estimate of drug-likeness (QED) is 0.726. The standard InChI is InChI=1S/C15H17N3/c1-12-8-10-13(11-9-12)16-17-14-6-4-5-7-15(14)18(2)3/h4-11H,1-3H3. The van der Waals surface area contributed by atoms with Gasteiger partial charge in [-0.1, -0.05) is 29.8 Å². The Bertz CT molecular complexity index is 542. The van der Waals surface area contributed by atoms with Gasteiger partial charge >= 0.3 is 0 Å². The van der Waals surface area contributed by atoms with Crippen molar-refractivity contribution in [2.45, 2.75) is 6.92 Å². The second-order valence-corrected chi connectivity index (χ2v) is 4.42. The number of benzene rings is 2. The first-order valence-corrected chi connectivity index (χ1v) is 5.91. The Morgan fingerprint density at radius 3 is 2.17 bits per heavy atom. The molecule has 0 amide bonds. The van der Waals surface area contributed by atoms with E-state index in [9.17, 15) is 0 Å². The lowest BCUT2D eigenvalue weighted by molar-refractivity contribution is 1.11. The minimum Gasteiger partial charge on any atom is -0.376 e. The zero-order chi connectivity index (χ0) is 13.0. The van der Waals surface area contributed by atoms with Crippen molar-refractivity contribution in [2.24, 2.45) is 10.2 Å². The molecule has 3 heteroatoms. The number of para-hydroxylation sites is 1. The van der Waals surface area contributed by atoms with Crippen molar-refractivity contribution in [1.29, 1.82) is 0 Å². The molecule has 92 valence electrons. The minimum atomic E-state index is 0.870. The van der Waals surface area contributed by atoms with Crippen molar-refractivity contribution in [3.63, 3.8) is 0 Å². The smallest absolute Gasteiger partial charge is 0.109 e. The van der Waals surface area contributed by atoms with Crippen LogP contribution < -0.4 is 4.90 Å². The Morgan fingerprint density at radius 2 is 1.50 bits per heavy atom. The van der Waals surface area contributed by atoms with E-state index in [4.69, 9.17) is 0 Å². The van der Waals surface area contributed by atoms with Crippen molar-refractivity contribution >= 4 is 17.1 Å². The molecular weight excluding hydrogens is 222 g/mol. The summed E-state index contributed by atoms with van der Waals surface area (Å²) in [6.45, 7) is 2.06.